The van der Waals surface area contributed by atoms with Crippen molar-refractivity contribution in [3.63, 3.8) is 0 Å². The monoisotopic (exact) mass is 307 g/mol. The van der Waals surface area contributed by atoms with Gasteiger partial charge in [-0.05, 0) is 43.0 Å². The van der Waals surface area contributed by atoms with Gasteiger partial charge in [-0.2, -0.15) is 0 Å². The molecule has 1 N–H and O–H groups in total. The highest BCUT2D eigenvalue weighted by atomic mass is 79.9. The summed E-state index contributed by atoms with van der Waals surface area (Å²) in [4.78, 5) is 0. The van der Waals surface area contributed by atoms with Crippen molar-refractivity contribution in [3.8, 4) is 0 Å². The first-order chi connectivity index (χ1) is 8.45. The molecule has 1 aromatic carbocycles. The maximum absolute atomic E-state index is 5.90. The molecular weight excluding hydrogens is 290 g/mol. The van der Waals surface area contributed by atoms with E-state index in [-0.39, 0.29) is 6.04 Å². The van der Waals surface area contributed by atoms with Crippen molar-refractivity contribution in [1.29, 1.82) is 0 Å². The molecule has 1 aliphatic rings. The van der Waals surface area contributed by atoms with Gasteiger partial charge in [0, 0.05) is 15.9 Å². The van der Waals surface area contributed by atoms with Crippen LogP contribution in [0.15, 0.2) is 33.2 Å². The third kappa shape index (κ3) is 2.21. The first-order valence-corrected chi connectivity index (χ1v) is 7.20. The number of furan rings is 1. The average molecular weight is 308 g/mol. The molecule has 2 aromatic rings. The molecule has 0 radical (unpaired) electrons. The molecule has 3 heteroatoms. The van der Waals surface area contributed by atoms with Crippen molar-refractivity contribution in [2.24, 2.45) is 5.41 Å². The van der Waals surface area contributed by atoms with E-state index < -0.39 is 0 Å². The van der Waals surface area contributed by atoms with E-state index >= 15 is 0 Å². The molecule has 1 aliphatic carbocycles. The fourth-order valence-corrected chi connectivity index (χ4v) is 2.76. The van der Waals surface area contributed by atoms with E-state index in [9.17, 15) is 0 Å². The number of hydrogen-bond acceptors (Lipinski definition) is 2. The van der Waals surface area contributed by atoms with Crippen LogP contribution >= 0.6 is 15.9 Å². The average Bonchev–Trinajstić information content (AvgIpc) is 2.74. The fourth-order valence-electron chi connectivity index (χ4n) is 2.38. The van der Waals surface area contributed by atoms with Crippen molar-refractivity contribution in [2.75, 3.05) is 0 Å². The van der Waals surface area contributed by atoms with E-state index in [0.29, 0.717) is 11.5 Å². The molecule has 0 bridgehead atoms. The Morgan fingerprint density at radius 1 is 1.39 bits per heavy atom. The summed E-state index contributed by atoms with van der Waals surface area (Å²) in [6.07, 6.45) is 1.25. The Balaban J connectivity index is 1.81. The molecule has 1 heterocycles. The van der Waals surface area contributed by atoms with Crippen LogP contribution in [-0.2, 0) is 0 Å². The Bertz CT molecular complexity index is 587. The lowest BCUT2D eigenvalue weighted by Gasteiger charge is -2.12. The van der Waals surface area contributed by atoms with Gasteiger partial charge in [-0.15, -0.1) is 0 Å². The van der Waals surface area contributed by atoms with Gasteiger partial charge in [0.25, 0.3) is 0 Å². The number of fused-ring (bicyclic) bond motifs is 1. The highest BCUT2D eigenvalue weighted by molar-refractivity contribution is 9.10. The summed E-state index contributed by atoms with van der Waals surface area (Å²) in [7, 11) is 0. The number of rotatable bonds is 3. The minimum absolute atomic E-state index is 0.267. The predicted molar refractivity (Wildman–Crippen MR) is 77.7 cm³/mol. The van der Waals surface area contributed by atoms with E-state index in [0.717, 1.165) is 21.2 Å². The molecule has 0 saturated heterocycles. The highest BCUT2D eigenvalue weighted by Gasteiger charge is 2.46. The predicted octanol–water partition coefficient (Wildman–Crippen LogP) is 4.64. The summed E-state index contributed by atoms with van der Waals surface area (Å²) in [5.74, 6) is 1.02. The maximum Gasteiger partial charge on any atom is 0.134 e. The molecule has 1 saturated carbocycles. The van der Waals surface area contributed by atoms with Crippen molar-refractivity contribution in [3.05, 3.63) is 34.5 Å². The van der Waals surface area contributed by atoms with Crippen LogP contribution in [0.2, 0.25) is 0 Å². The van der Waals surface area contributed by atoms with Crippen molar-refractivity contribution in [1.82, 2.24) is 5.32 Å². The summed E-state index contributed by atoms with van der Waals surface area (Å²) in [6, 6.07) is 9.13. The minimum atomic E-state index is 0.267. The first kappa shape index (κ1) is 12.2. The largest absolute Gasteiger partial charge is 0.459 e. The first-order valence-electron chi connectivity index (χ1n) is 6.41. The molecule has 3 rings (SSSR count). The van der Waals surface area contributed by atoms with Crippen LogP contribution in [0.25, 0.3) is 11.0 Å². The van der Waals surface area contributed by atoms with Gasteiger partial charge >= 0.3 is 0 Å². The Morgan fingerprint density at radius 2 is 2.11 bits per heavy atom. The lowest BCUT2D eigenvalue weighted by Crippen LogP contribution is -2.23. The van der Waals surface area contributed by atoms with Crippen molar-refractivity contribution in [2.45, 2.75) is 39.3 Å². The van der Waals surface area contributed by atoms with Crippen LogP contribution in [-0.4, -0.2) is 6.04 Å². The molecule has 2 nitrogen and oxygen atoms in total. The lowest BCUT2D eigenvalue weighted by atomic mass is 10.1. The number of hydrogen-bond donors (Lipinski definition) is 1. The molecule has 0 aliphatic heterocycles. The van der Waals surface area contributed by atoms with E-state index in [2.05, 4.69) is 54.2 Å². The molecule has 18 heavy (non-hydrogen) atoms. The van der Waals surface area contributed by atoms with Gasteiger partial charge in [0.05, 0.1) is 6.04 Å². The van der Waals surface area contributed by atoms with Crippen molar-refractivity contribution >= 4 is 26.9 Å². The zero-order chi connectivity index (χ0) is 12.9. The summed E-state index contributed by atoms with van der Waals surface area (Å²) in [5.41, 5.74) is 1.40. The smallest absolute Gasteiger partial charge is 0.134 e. The molecule has 1 fully saturated rings. The number of halogens is 1. The van der Waals surface area contributed by atoms with Crippen LogP contribution in [0, 0.1) is 5.41 Å². The lowest BCUT2D eigenvalue weighted by molar-refractivity contribution is 0.424. The Morgan fingerprint density at radius 3 is 2.78 bits per heavy atom. The van der Waals surface area contributed by atoms with Gasteiger partial charge in [-0.3, -0.25) is 0 Å². The van der Waals surface area contributed by atoms with Gasteiger partial charge in [-0.1, -0.05) is 29.8 Å². The molecule has 2 unspecified atom stereocenters. The minimum Gasteiger partial charge on any atom is -0.459 e. The Labute approximate surface area is 116 Å². The Kier molecular flexibility index (Phi) is 2.79. The molecule has 0 spiro atoms. The van der Waals surface area contributed by atoms with E-state index in [4.69, 9.17) is 4.42 Å². The summed E-state index contributed by atoms with van der Waals surface area (Å²) >= 11 is 3.49. The SMILES string of the molecule is CC(NC1CC1(C)C)c1cc2cc(Br)ccc2o1. The topological polar surface area (TPSA) is 25.2 Å². The highest BCUT2D eigenvalue weighted by Crippen LogP contribution is 2.45. The molecular formula is C15H18BrNO. The summed E-state index contributed by atoms with van der Waals surface area (Å²) in [5, 5.41) is 4.79. The normalized spacial score (nSPS) is 23.2. The summed E-state index contributed by atoms with van der Waals surface area (Å²) in [6.45, 7) is 6.77. The molecule has 96 valence electrons. The molecule has 1 aromatic heterocycles. The summed E-state index contributed by atoms with van der Waals surface area (Å²) < 4.78 is 6.99. The van der Waals surface area contributed by atoms with Crippen LogP contribution in [0.3, 0.4) is 0 Å². The van der Waals surface area contributed by atoms with Crippen LogP contribution < -0.4 is 5.32 Å². The van der Waals surface area contributed by atoms with Gasteiger partial charge in [0.15, 0.2) is 0 Å². The van der Waals surface area contributed by atoms with Gasteiger partial charge in [-0.25, -0.2) is 0 Å². The second kappa shape index (κ2) is 4.10. The molecule has 0 amide bonds. The van der Waals surface area contributed by atoms with Gasteiger partial charge in [0.2, 0.25) is 0 Å². The quantitative estimate of drug-likeness (QED) is 0.893. The third-order valence-corrected chi connectivity index (χ3v) is 4.38. The van der Waals surface area contributed by atoms with Gasteiger partial charge in [0.1, 0.15) is 11.3 Å². The third-order valence-electron chi connectivity index (χ3n) is 3.89. The zero-order valence-corrected chi connectivity index (χ0v) is 12.5. The fraction of sp³-hybridized carbons (Fsp3) is 0.467. The van der Waals surface area contributed by atoms with Gasteiger partial charge < -0.3 is 9.73 Å². The van der Waals surface area contributed by atoms with E-state index in [1.807, 2.05) is 12.1 Å². The second-order valence-electron chi connectivity index (χ2n) is 5.96. The Hall–Kier alpha value is -0.800. The molecule has 2 atom stereocenters. The van der Waals surface area contributed by atoms with Crippen LogP contribution in [0.1, 0.15) is 39.0 Å². The zero-order valence-electron chi connectivity index (χ0n) is 11.0. The van der Waals surface area contributed by atoms with Crippen LogP contribution in [0.4, 0.5) is 0 Å². The standard InChI is InChI=1S/C15H18BrNO/c1-9(17-14-8-15(14,2)3)13-7-10-6-11(16)4-5-12(10)18-13/h4-7,9,14,17H,8H2,1-3H3. The number of benzene rings is 1. The second-order valence-corrected chi connectivity index (χ2v) is 6.88. The van der Waals surface area contributed by atoms with Crippen LogP contribution in [0.5, 0.6) is 0 Å². The van der Waals surface area contributed by atoms with Crippen molar-refractivity contribution < 1.29 is 4.42 Å². The number of nitrogens with one attached hydrogen (secondary N) is 1. The maximum atomic E-state index is 5.90. The van der Waals surface area contributed by atoms with E-state index in [1.54, 1.807) is 0 Å². The van der Waals surface area contributed by atoms with E-state index in [1.165, 1.54) is 6.42 Å².